The molecule has 3 rings (SSSR count). The van der Waals surface area contributed by atoms with E-state index in [4.69, 9.17) is 9.73 Å². The third kappa shape index (κ3) is 5.36. The van der Waals surface area contributed by atoms with Crippen LogP contribution in [-0.2, 0) is 6.54 Å². The maximum atomic E-state index is 9.66. The highest BCUT2D eigenvalue weighted by Crippen LogP contribution is 2.28. The summed E-state index contributed by atoms with van der Waals surface area (Å²) in [7, 11) is 0. The number of hydrogen-bond acceptors (Lipinski definition) is 3. The largest absolute Gasteiger partial charge is 0.490 e. The number of hydrogen-bond donors (Lipinski definition) is 3. The summed E-state index contributed by atoms with van der Waals surface area (Å²) in [4.78, 5) is 4.76. The third-order valence-corrected chi connectivity index (χ3v) is 5.11. The Bertz CT molecular complexity index is 564. The molecule has 25 heavy (non-hydrogen) atoms. The molecule has 0 aliphatic heterocycles. The predicted octanol–water partition coefficient (Wildman–Crippen LogP) is 2.98. The topological polar surface area (TPSA) is 65.9 Å². The van der Waals surface area contributed by atoms with Crippen LogP contribution in [-0.4, -0.2) is 35.9 Å². The van der Waals surface area contributed by atoms with E-state index in [9.17, 15) is 5.11 Å². The molecule has 0 atom stereocenters. The van der Waals surface area contributed by atoms with E-state index in [-0.39, 0.29) is 6.10 Å². The van der Waals surface area contributed by atoms with E-state index in [0.29, 0.717) is 18.7 Å². The van der Waals surface area contributed by atoms with E-state index in [1.54, 1.807) is 0 Å². The van der Waals surface area contributed by atoms with Gasteiger partial charge in [0.15, 0.2) is 5.96 Å². The fourth-order valence-corrected chi connectivity index (χ4v) is 3.32. The van der Waals surface area contributed by atoms with Crippen molar-refractivity contribution in [1.29, 1.82) is 0 Å². The maximum Gasteiger partial charge on any atom is 0.191 e. The lowest BCUT2D eigenvalue weighted by Crippen LogP contribution is -2.45. The summed E-state index contributed by atoms with van der Waals surface area (Å²) >= 11 is 0. The Morgan fingerprint density at radius 2 is 1.92 bits per heavy atom. The van der Waals surface area contributed by atoms with Gasteiger partial charge in [-0.05, 0) is 57.9 Å². The summed E-state index contributed by atoms with van der Waals surface area (Å²) < 4.78 is 6.10. The van der Waals surface area contributed by atoms with Gasteiger partial charge in [-0.3, -0.25) is 0 Å². The highest BCUT2D eigenvalue weighted by Gasteiger charge is 2.21. The van der Waals surface area contributed by atoms with Crippen molar-refractivity contribution in [2.75, 3.05) is 6.54 Å². The van der Waals surface area contributed by atoms with Crippen molar-refractivity contribution >= 4 is 5.96 Å². The summed E-state index contributed by atoms with van der Waals surface area (Å²) in [6.45, 7) is 3.52. The van der Waals surface area contributed by atoms with E-state index in [0.717, 1.165) is 62.3 Å². The van der Waals surface area contributed by atoms with Crippen molar-refractivity contribution in [3.05, 3.63) is 29.8 Å². The zero-order valence-electron chi connectivity index (χ0n) is 15.2. The maximum absolute atomic E-state index is 9.66. The monoisotopic (exact) mass is 345 g/mol. The number of aliphatic hydroxyl groups excluding tert-OH is 1. The quantitative estimate of drug-likeness (QED) is 0.548. The van der Waals surface area contributed by atoms with E-state index in [1.165, 1.54) is 6.42 Å². The number of aliphatic imine (C=N–C) groups is 1. The van der Waals surface area contributed by atoms with Gasteiger partial charge in [-0.2, -0.15) is 0 Å². The van der Waals surface area contributed by atoms with Crippen molar-refractivity contribution in [2.24, 2.45) is 4.99 Å². The predicted molar refractivity (Wildman–Crippen MR) is 101 cm³/mol. The summed E-state index contributed by atoms with van der Waals surface area (Å²) in [6.07, 6.45) is 7.57. The molecule has 0 radical (unpaired) electrons. The van der Waals surface area contributed by atoms with Gasteiger partial charge in [0.25, 0.3) is 0 Å². The molecule has 0 saturated heterocycles. The average Bonchev–Trinajstić information content (AvgIpc) is 2.59. The van der Waals surface area contributed by atoms with Crippen molar-refractivity contribution < 1.29 is 9.84 Å². The van der Waals surface area contributed by atoms with E-state index in [1.807, 2.05) is 18.2 Å². The molecule has 138 valence electrons. The second-order valence-electron chi connectivity index (χ2n) is 7.12. The normalized spacial score (nSPS) is 24.5. The van der Waals surface area contributed by atoms with Crippen LogP contribution in [0.15, 0.2) is 29.3 Å². The molecular weight excluding hydrogens is 314 g/mol. The Balaban J connectivity index is 1.60. The fraction of sp³-hybridized carbons (Fsp3) is 0.650. The number of benzene rings is 1. The molecule has 5 heteroatoms. The van der Waals surface area contributed by atoms with Gasteiger partial charge in [0, 0.05) is 18.2 Å². The lowest BCUT2D eigenvalue weighted by atomic mass is 9.93. The van der Waals surface area contributed by atoms with Crippen LogP contribution in [0.25, 0.3) is 0 Å². The second kappa shape index (κ2) is 9.09. The number of rotatable bonds is 6. The molecule has 1 aromatic rings. The lowest BCUT2D eigenvalue weighted by molar-refractivity contribution is 0.119. The van der Waals surface area contributed by atoms with E-state index < -0.39 is 0 Å². The Kier molecular flexibility index (Phi) is 6.56. The molecule has 5 nitrogen and oxygen atoms in total. The van der Waals surface area contributed by atoms with Gasteiger partial charge in [-0.1, -0.05) is 18.2 Å². The number of aliphatic hydroxyl groups is 1. The second-order valence-corrected chi connectivity index (χ2v) is 7.12. The van der Waals surface area contributed by atoms with Gasteiger partial charge in [0.05, 0.1) is 18.8 Å². The number of ether oxygens (including phenoxy) is 1. The first-order valence-electron chi connectivity index (χ1n) is 9.72. The number of nitrogens with zero attached hydrogens (tertiary/aromatic N) is 1. The first-order chi connectivity index (χ1) is 12.2. The van der Waals surface area contributed by atoms with Crippen molar-refractivity contribution in [3.63, 3.8) is 0 Å². The standard InChI is InChI=1S/C20H31N3O2/c1-2-21-20(23-16-10-12-17(24)13-11-16)22-14-15-6-3-4-9-19(15)25-18-7-5-8-18/h3-4,6,9,16-18,24H,2,5,7-8,10-14H2,1H3,(H2,21,22,23). The highest BCUT2D eigenvalue weighted by molar-refractivity contribution is 5.80. The minimum Gasteiger partial charge on any atom is -0.490 e. The van der Waals surface area contributed by atoms with Crippen molar-refractivity contribution in [1.82, 2.24) is 10.6 Å². The molecule has 0 bridgehead atoms. The van der Waals surface area contributed by atoms with Gasteiger partial charge in [0.2, 0.25) is 0 Å². The molecule has 2 saturated carbocycles. The first-order valence-corrected chi connectivity index (χ1v) is 9.72. The van der Waals surface area contributed by atoms with Gasteiger partial charge in [-0.25, -0.2) is 4.99 Å². The van der Waals surface area contributed by atoms with Crippen LogP contribution in [0.3, 0.4) is 0 Å². The van der Waals surface area contributed by atoms with Crippen molar-refractivity contribution in [3.8, 4) is 5.75 Å². The van der Waals surface area contributed by atoms with Crippen LogP contribution in [0.4, 0.5) is 0 Å². The highest BCUT2D eigenvalue weighted by atomic mass is 16.5. The molecule has 1 aromatic carbocycles. The SMILES string of the molecule is CCNC(=NCc1ccccc1OC1CCC1)NC1CCC(O)CC1. The first kappa shape index (κ1) is 18.1. The molecule has 0 unspecified atom stereocenters. The average molecular weight is 345 g/mol. The summed E-state index contributed by atoms with van der Waals surface area (Å²) in [5.74, 6) is 1.81. The molecule has 0 spiro atoms. The van der Waals surface area contributed by atoms with Gasteiger partial charge < -0.3 is 20.5 Å². The Morgan fingerprint density at radius 3 is 2.60 bits per heavy atom. The van der Waals surface area contributed by atoms with Crippen LogP contribution < -0.4 is 15.4 Å². The van der Waals surface area contributed by atoms with Crippen molar-refractivity contribution in [2.45, 2.75) is 76.7 Å². The van der Waals surface area contributed by atoms with E-state index in [2.05, 4.69) is 23.6 Å². The molecule has 0 aromatic heterocycles. The zero-order chi connectivity index (χ0) is 17.5. The number of para-hydroxylation sites is 1. The molecule has 2 aliphatic carbocycles. The van der Waals surface area contributed by atoms with E-state index >= 15 is 0 Å². The molecule has 0 heterocycles. The van der Waals surface area contributed by atoms with Gasteiger partial charge in [0.1, 0.15) is 5.75 Å². The Labute approximate surface area is 150 Å². The third-order valence-electron chi connectivity index (χ3n) is 5.11. The lowest BCUT2D eigenvalue weighted by Gasteiger charge is -2.28. The molecular formula is C20H31N3O2. The summed E-state index contributed by atoms with van der Waals surface area (Å²) in [5.41, 5.74) is 1.13. The molecule has 0 amide bonds. The minimum atomic E-state index is -0.131. The Hall–Kier alpha value is -1.75. The van der Waals surface area contributed by atoms with Crippen LogP contribution in [0, 0.1) is 0 Å². The Morgan fingerprint density at radius 1 is 1.16 bits per heavy atom. The van der Waals surface area contributed by atoms with Gasteiger partial charge in [-0.15, -0.1) is 0 Å². The van der Waals surface area contributed by atoms with Crippen LogP contribution in [0.2, 0.25) is 0 Å². The fourth-order valence-electron chi connectivity index (χ4n) is 3.32. The minimum absolute atomic E-state index is 0.131. The van der Waals surface area contributed by atoms with Gasteiger partial charge >= 0.3 is 0 Å². The molecule has 2 aliphatic rings. The number of guanidine groups is 1. The molecule has 2 fully saturated rings. The molecule has 3 N–H and O–H groups in total. The summed E-state index contributed by atoms with van der Waals surface area (Å²) in [6, 6.07) is 8.60. The number of nitrogens with one attached hydrogen (secondary N) is 2. The van der Waals surface area contributed by atoms with Crippen LogP contribution >= 0.6 is 0 Å². The summed E-state index contributed by atoms with van der Waals surface area (Å²) in [5, 5.41) is 16.5. The van der Waals surface area contributed by atoms with Crippen LogP contribution in [0.1, 0.15) is 57.4 Å². The smallest absolute Gasteiger partial charge is 0.191 e. The zero-order valence-corrected chi connectivity index (χ0v) is 15.2. The van der Waals surface area contributed by atoms with Crippen LogP contribution in [0.5, 0.6) is 5.75 Å².